The van der Waals surface area contributed by atoms with Gasteiger partial charge < -0.3 is 9.63 Å². The summed E-state index contributed by atoms with van der Waals surface area (Å²) in [6.07, 6.45) is 2.04. The molecule has 0 aliphatic rings. The fourth-order valence-electron chi connectivity index (χ4n) is 2.14. The van der Waals surface area contributed by atoms with Crippen LogP contribution in [0.15, 0.2) is 15.5 Å². The number of rotatable bonds is 3. The quantitative estimate of drug-likeness (QED) is 0.724. The molecule has 9 heteroatoms. The van der Waals surface area contributed by atoms with Crippen molar-refractivity contribution in [3.63, 3.8) is 0 Å². The molecule has 2 N–H and O–H groups in total. The smallest absolute Gasteiger partial charge is 0.377 e. The number of nitrogens with one attached hydrogen (secondary N) is 1. The zero-order chi connectivity index (χ0) is 15.1. The highest BCUT2D eigenvalue weighted by atomic mass is 16.5. The number of nitrogens with zero attached hydrogens (tertiary/aromatic N) is 4. The fraction of sp³-hybridized carbons (Fsp3) is 0.250. The van der Waals surface area contributed by atoms with Crippen LogP contribution in [0, 0.1) is 6.92 Å². The van der Waals surface area contributed by atoms with Crippen molar-refractivity contribution in [1.82, 2.24) is 24.7 Å². The van der Waals surface area contributed by atoms with E-state index in [4.69, 9.17) is 9.63 Å². The van der Waals surface area contributed by atoms with Gasteiger partial charge in [-0.15, -0.1) is 0 Å². The summed E-state index contributed by atoms with van der Waals surface area (Å²) in [6.45, 7) is 3.62. The van der Waals surface area contributed by atoms with Crippen LogP contribution in [-0.4, -0.2) is 35.8 Å². The summed E-state index contributed by atoms with van der Waals surface area (Å²) < 4.78 is 6.17. The number of hydrogen-bond acceptors (Lipinski definition) is 6. The predicted octanol–water partition coefficient (Wildman–Crippen LogP) is 0.642. The summed E-state index contributed by atoms with van der Waals surface area (Å²) >= 11 is 0. The number of carbonyl (C=O) groups is 1. The van der Waals surface area contributed by atoms with E-state index in [1.807, 2.05) is 6.92 Å². The third-order valence-corrected chi connectivity index (χ3v) is 3.16. The van der Waals surface area contributed by atoms with Gasteiger partial charge in [0, 0.05) is 17.5 Å². The normalized spacial score (nSPS) is 11.1. The molecule has 0 fully saturated rings. The van der Waals surface area contributed by atoms with Gasteiger partial charge in [0.1, 0.15) is 5.56 Å². The van der Waals surface area contributed by atoms with Gasteiger partial charge in [0.2, 0.25) is 0 Å². The van der Waals surface area contributed by atoms with Gasteiger partial charge in [-0.25, -0.2) is 14.3 Å². The molecule has 3 aromatic rings. The summed E-state index contributed by atoms with van der Waals surface area (Å²) in [6, 6.07) is 0. The number of fused-ring (bicyclic) bond motifs is 1. The van der Waals surface area contributed by atoms with E-state index in [2.05, 4.69) is 20.2 Å². The Morgan fingerprint density at radius 3 is 2.86 bits per heavy atom. The number of carboxylic acid groups (broad SMARTS) is 1. The van der Waals surface area contributed by atoms with Gasteiger partial charge in [0.05, 0.1) is 0 Å². The van der Waals surface area contributed by atoms with E-state index in [1.165, 1.54) is 10.7 Å². The number of H-pyrrole nitrogens is 1. The van der Waals surface area contributed by atoms with E-state index in [1.54, 1.807) is 6.92 Å². The Morgan fingerprint density at radius 2 is 2.24 bits per heavy atom. The minimum absolute atomic E-state index is 0.0123. The first-order valence-corrected chi connectivity index (χ1v) is 6.20. The van der Waals surface area contributed by atoms with E-state index < -0.39 is 11.8 Å². The van der Waals surface area contributed by atoms with Gasteiger partial charge in [0.25, 0.3) is 17.3 Å². The molecular formula is C12H11N5O4. The number of carboxylic acids is 1. The largest absolute Gasteiger partial charge is 0.475 e. The molecule has 0 saturated carbocycles. The average Bonchev–Trinajstić information content (AvgIpc) is 3.04. The molecule has 3 aromatic heterocycles. The zero-order valence-corrected chi connectivity index (χ0v) is 11.2. The van der Waals surface area contributed by atoms with Crippen molar-refractivity contribution in [3.05, 3.63) is 33.6 Å². The maximum absolute atomic E-state index is 12.3. The molecule has 0 radical (unpaired) electrons. The minimum atomic E-state index is -1.29. The van der Waals surface area contributed by atoms with Crippen molar-refractivity contribution in [1.29, 1.82) is 0 Å². The maximum Gasteiger partial charge on any atom is 0.377 e. The second kappa shape index (κ2) is 4.54. The first-order chi connectivity index (χ1) is 10.0. The Morgan fingerprint density at radius 1 is 1.48 bits per heavy atom. The Hall–Kier alpha value is -2.97. The predicted molar refractivity (Wildman–Crippen MR) is 70.2 cm³/mol. The van der Waals surface area contributed by atoms with Crippen LogP contribution >= 0.6 is 0 Å². The second-order valence-corrected chi connectivity index (χ2v) is 4.41. The second-order valence-electron chi connectivity index (χ2n) is 4.41. The summed E-state index contributed by atoms with van der Waals surface area (Å²) in [5.41, 5.74) is 1.70. The van der Waals surface area contributed by atoms with Gasteiger partial charge in [-0.1, -0.05) is 6.92 Å². The monoisotopic (exact) mass is 289 g/mol. The van der Waals surface area contributed by atoms with E-state index in [0.717, 1.165) is 0 Å². The molecule has 0 amide bonds. The van der Waals surface area contributed by atoms with Gasteiger partial charge in [-0.2, -0.15) is 4.98 Å². The Bertz CT molecular complexity index is 904. The molecule has 3 heterocycles. The highest BCUT2D eigenvalue weighted by Crippen LogP contribution is 2.21. The van der Waals surface area contributed by atoms with Gasteiger partial charge in [-0.3, -0.25) is 9.89 Å². The van der Waals surface area contributed by atoms with E-state index in [-0.39, 0.29) is 11.4 Å². The van der Waals surface area contributed by atoms with Gasteiger partial charge in [-0.05, 0) is 18.5 Å². The molecule has 0 saturated heterocycles. The lowest BCUT2D eigenvalue weighted by atomic mass is 10.2. The first-order valence-electron chi connectivity index (χ1n) is 6.20. The van der Waals surface area contributed by atoms with Crippen LogP contribution in [0.1, 0.15) is 28.8 Å². The SMILES string of the molecule is CCc1c(C)nc2c(-c3nc(C(=O)O)no3)c[nH]n2c1=O. The fourth-order valence-corrected chi connectivity index (χ4v) is 2.14. The molecule has 0 aliphatic carbocycles. The van der Waals surface area contributed by atoms with Crippen LogP contribution in [0.4, 0.5) is 0 Å². The molecule has 0 unspecified atom stereocenters. The van der Waals surface area contributed by atoms with Gasteiger partial charge in [0.15, 0.2) is 5.65 Å². The van der Waals surface area contributed by atoms with E-state index in [0.29, 0.717) is 28.9 Å². The molecule has 108 valence electrons. The highest BCUT2D eigenvalue weighted by molar-refractivity contribution is 5.84. The van der Waals surface area contributed by atoms with Crippen LogP contribution in [0.3, 0.4) is 0 Å². The Labute approximate surface area is 117 Å². The average molecular weight is 289 g/mol. The summed E-state index contributed by atoms with van der Waals surface area (Å²) in [5, 5.41) is 14.9. The van der Waals surface area contributed by atoms with Crippen molar-refractivity contribution in [2.75, 3.05) is 0 Å². The van der Waals surface area contributed by atoms with Crippen molar-refractivity contribution >= 4 is 11.6 Å². The lowest BCUT2D eigenvalue weighted by Gasteiger charge is -2.02. The van der Waals surface area contributed by atoms with Crippen molar-refractivity contribution in [2.24, 2.45) is 0 Å². The molecule has 9 nitrogen and oxygen atoms in total. The number of hydrogen-bond donors (Lipinski definition) is 2. The highest BCUT2D eigenvalue weighted by Gasteiger charge is 2.20. The summed E-state index contributed by atoms with van der Waals surface area (Å²) in [7, 11) is 0. The third-order valence-electron chi connectivity index (χ3n) is 3.16. The van der Waals surface area contributed by atoms with Crippen LogP contribution < -0.4 is 5.56 Å². The van der Waals surface area contributed by atoms with Crippen LogP contribution in [0.5, 0.6) is 0 Å². The molecule has 0 aliphatic heterocycles. The lowest BCUT2D eigenvalue weighted by Crippen LogP contribution is -2.21. The van der Waals surface area contributed by atoms with Crippen LogP contribution in [0.25, 0.3) is 17.1 Å². The number of aromatic nitrogens is 5. The Balaban J connectivity index is 2.25. The zero-order valence-electron chi connectivity index (χ0n) is 11.2. The van der Waals surface area contributed by atoms with Gasteiger partial charge >= 0.3 is 5.97 Å². The molecule has 0 bridgehead atoms. The molecule has 21 heavy (non-hydrogen) atoms. The van der Waals surface area contributed by atoms with Crippen molar-refractivity contribution < 1.29 is 14.4 Å². The number of aromatic carboxylic acids is 1. The summed E-state index contributed by atoms with van der Waals surface area (Å²) in [5.74, 6) is -1.75. The van der Waals surface area contributed by atoms with E-state index >= 15 is 0 Å². The molecule has 3 rings (SSSR count). The minimum Gasteiger partial charge on any atom is -0.475 e. The Kier molecular flexibility index (Phi) is 2.82. The molecular weight excluding hydrogens is 278 g/mol. The molecule has 0 atom stereocenters. The molecule has 0 spiro atoms. The maximum atomic E-state index is 12.3. The topological polar surface area (TPSA) is 126 Å². The first kappa shape index (κ1) is 13.0. The third kappa shape index (κ3) is 1.90. The van der Waals surface area contributed by atoms with Crippen molar-refractivity contribution in [2.45, 2.75) is 20.3 Å². The van der Waals surface area contributed by atoms with E-state index in [9.17, 15) is 9.59 Å². The summed E-state index contributed by atoms with van der Waals surface area (Å²) in [4.78, 5) is 31.2. The van der Waals surface area contributed by atoms with Crippen LogP contribution in [-0.2, 0) is 6.42 Å². The lowest BCUT2D eigenvalue weighted by molar-refractivity contribution is 0.0680. The standard InChI is InChI=1S/C12H11N5O4/c1-3-6-5(2)14-9-7(4-13-17(9)11(6)18)10-15-8(12(19)20)16-21-10/h4,13H,3H2,1-2H3,(H,19,20). The van der Waals surface area contributed by atoms with Crippen molar-refractivity contribution in [3.8, 4) is 11.5 Å². The van der Waals surface area contributed by atoms with Crippen LogP contribution in [0.2, 0.25) is 0 Å². The number of aromatic amines is 1. The molecule has 0 aromatic carbocycles. The number of aryl methyl sites for hydroxylation is 1.